The van der Waals surface area contributed by atoms with Crippen LogP contribution in [0.2, 0.25) is 0 Å². The van der Waals surface area contributed by atoms with Gasteiger partial charge in [0.1, 0.15) is 0 Å². The minimum Gasteiger partial charge on any atom is -1.00 e. The van der Waals surface area contributed by atoms with Gasteiger partial charge >= 0.3 is 23.1 Å². The van der Waals surface area contributed by atoms with Crippen molar-refractivity contribution in [2.75, 3.05) is 0 Å². The Morgan fingerprint density at radius 1 is 1.24 bits per heavy atom. The van der Waals surface area contributed by atoms with Crippen LogP contribution in [0.1, 0.15) is 11.3 Å². The van der Waals surface area contributed by atoms with E-state index in [4.69, 9.17) is 4.74 Å². The molecule has 0 spiro atoms. The number of hydrogen-bond donors (Lipinski definition) is 0. The van der Waals surface area contributed by atoms with Gasteiger partial charge in [0.2, 0.25) is 0 Å². The third kappa shape index (κ3) is 5.03. The largest absolute Gasteiger partial charge is 2.00 e. The van der Waals surface area contributed by atoms with Gasteiger partial charge in [0.25, 0.3) is 0 Å². The molecule has 0 saturated heterocycles. The van der Waals surface area contributed by atoms with E-state index in [0.29, 0.717) is 13.2 Å². The summed E-state index contributed by atoms with van der Waals surface area (Å²) in [4.78, 5) is 0. The summed E-state index contributed by atoms with van der Waals surface area (Å²) in [6, 6.07) is 10.0. The van der Waals surface area contributed by atoms with Crippen molar-refractivity contribution in [2.45, 2.75) is 13.2 Å². The summed E-state index contributed by atoms with van der Waals surface area (Å²) >= 11 is 0. The normalized spacial score (nSPS) is 9.24. The van der Waals surface area contributed by atoms with E-state index in [0.717, 1.165) is 11.3 Å². The fourth-order valence-corrected chi connectivity index (χ4v) is 1.24. The molecule has 6 heteroatoms. The predicted molar refractivity (Wildman–Crippen MR) is 60.5 cm³/mol. The Kier molecular flexibility index (Phi) is 8.15. The molecule has 0 atom stereocenters. The van der Waals surface area contributed by atoms with Crippen LogP contribution in [0.25, 0.3) is 0 Å². The van der Waals surface area contributed by atoms with Crippen molar-refractivity contribution in [2.24, 2.45) is 7.05 Å². The molecule has 0 radical (unpaired) electrons. The average Bonchev–Trinajstić information content (AvgIpc) is 2.66. The Hall–Kier alpha value is -0.624. The zero-order chi connectivity index (χ0) is 10.5. The molecule has 1 aromatic heterocycles. The molecule has 0 unspecified atom stereocenters. The van der Waals surface area contributed by atoms with Crippen molar-refractivity contribution in [1.82, 2.24) is 15.0 Å². The molecular weight excluding hydrogens is 250 g/mol. The van der Waals surface area contributed by atoms with E-state index in [9.17, 15) is 0 Å². The number of aryl methyl sites for hydroxylation is 1. The fourth-order valence-electron chi connectivity index (χ4n) is 1.24. The second-order valence-corrected chi connectivity index (χ2v) is 3.25. The quantitative estimate of drug-likeness (QED) is 0.470. The number of benzene rings is 1. The Labute approximate surface area is 123 Å². The van der Waals surface area contributed by atoms with Crippen LogP contribution >= 0.6 is 0 Å². The summed E-state index contributed by atoms with van der Waals surface area (Å²) in [7, 11) is 1.82. The van der Waals surface area contributed by atoms with E-state index in [1.807, 2.05) is 37.4 Å². The molecule has 2 rings (SSSR count). The third-order valence-electron chi connectivity index (χ3n) is 2.10. The maximum absolute atomic E-state index is 5.51. The van der Waals surface area contributed by atoms with Gasteiger partial charge < -0.3 is 28.4 Å². The number of rotatable bonds is 4. The minimum atomic E-state index is 0. The van der Waals surface area contributed by atoms with Gasteiger partial charge in [-0.1, -0.05) is 36.0 Å². The molecule has 86 valence electrons. The van der Waals surface area contributed by atoms with Crippen LogP contribution in [0, 0.1) is 6.20 Å². The zero-order valence-corrected chi connectivity index (χ0v) is 11.8. The third-order valence-corrected chi connectivity index (χ3v) is 2.10. The van der Waals surface area contributed by atoms with Gasteiger partial charge in [-0.05, 0) is 5.56 Å². The standard InChI is InChI=1S/C11H12N3O.ClH.Mg/c1-14-11(7-12-13-14)9-15-8-10-5-3-2-4-6-10;;/h2-6H,8-9H2,1H3;1H;/q-1;;+2/p-1. The molecule has 0 aliphatic heterocycles. The van der Waals surface area contributed by atoms with Gasteiger partial charge in [0.15, 0.2) is 0 Å². The van der Waals surface area contributed by atoms with Crippen molar-refractivity contribution >= 4 is 23.1 Å². The molecule has 0 aliphatic carbocycles. The number of halogens is 1. The van der Waals surface area contributed by atoms with Crippen molar-refractivity contribution in [3.63, 3.8) is 0 Å². The fraction of sp³-hybridized carbons (Fsp3) is 0.273. The van der Waals surface area contributed by atoms with Gasteiger partial charge in [-0.3, -0.25) is 4.68 Å². The second-order valence-electron chi connectivity index (χ2n) is 3.25. The summed E-state index contributed by atoms with van der Waals surface area (Å²) in [5.41, 5.74) is 2.01. The summed E-state index contributed by atoms with van der Waals surface area (Å²) in [6.45, 7) is 1.08. The van der Waals surface area contributed by atoms with E-state index in [1.54, 1.807) is 4.68 Å². The van der Waals surface area contributed by atoms with Gasteiger partial charge in [-0.2, -0.15) is 0 Å². The second kappa shape index (κ2) is 8.46. The smallest absolute Gasteiger partial charge is 1.00 e. The van der Waals surface area contributed by atoms with E-state index in [1.165, 1.54) is 0 Å². The number of aromatic nitrogens is 3. The minimum absolute atomic E-state index is 0. The number of nitrogens with zero attached hydrogens (tertiary/aromatic N) is 3. The summed E-state index contributed by atoms with van der Waals surface area (Å²) in [5.74, 6) is 0. The first-order chi connectivity index (χ1) is 7.36. The maximum Gasteiger partial charge on any atom is 2.00 e. The monoisotopic (exact) mass is 261 g/mol. The summed E-state index contributed by atoms with van der Waals surface area (Å²) in [5, 5.41) is 7.43. The Morgan fingerprint density at radius 2 is 1.94 bits per heavy atom. The van der Waals surface area contributed by atoms with Crippen LogP contribution in [-0.2, 0) is 25.0 Å². The molecule has 0 amide bonds. The van der Waals surface area contributed by atoms with Crippen LogP contribution in [0.15, 0.2) is 30.3 Å². The SMILES string of the molecule is Cn1nn[c-]c1COCc1ccccc1.[Cl-].[Mg+2]. The zero-order valence-electron chi connectivity index (χ0n) is 9.64. The molecule has 4 nitrogen and oxygen atoms in total. The van der Waals surface area contributed by atoms with E-state index in [-0.39, 0.29) is 35.5 Å². The topological polar surface area (TPSA) is 39.9 Å². The first-order valence-corrected chi connectivity index (χ1v) is 4.74. The number of hydrogen-bond acceptors (Lipinski definition) is 3. The molecule has 0 saturated carbocycles. The first kappa shape index (κ1) is 16.4. The molecule has 2 aromatic rings. The molecule has 0 N–H and O–H groups in total. The predicted octanol–water partition coefficient (Wildman–Crippen LogP) is -2.04. The van der Waals surface area contributed by atoms with E-state index < -0.39 is 0 Å². The summed E-state index contributed by atoms with van der Waals surface area (Å²) in [6.07, 6.45) is 2.77. The molecule has 1 aromatic carbocycles. The number of ether oxygens (including phenoxy) is 1. The van der Waals surface area contributed by atoms with Crippen LogP contribution in [0.5, 0.6) is 0 Å². The van der Waals surface area contributed by atoms with Crippen LogP contribution in [0.3, 0.4) is 0 Å². The van der Waals surface area contributed by atoms with Crippen molar-refractivity contribution in [3.05, 3.63) is 47.8 Å². The van der Waals surface area contributed by atoms with Crippen molar-refractivity contribution < 1.29 is 17.1 Å². The molecule has 0 bridgehead atoms. The van der Waals surface area contributed by atoms with Crippen LogP contribution in [0.4, 0.5) is 0 Å². The van der Waals surface area contributed by atoms with Crippen molar-refractivity contribution in [1.29, 1.82) is 0 Å². The molecule has 0 fully saturated rings. The van der Waals surface area contributed by atoms with E-state index >= 15 is 0 Å². The molecule has 1 heterocycles. The first-order valence-electron chi connectivity index (χ1n) is 4.74. The van der Waals surface area contributed by atoms with Crippen LogP contribution in [-0.4, -0.2) is 38.0 Å². The molecule has 0 aliphatic rings. The van der Waals surface area contributed by atoms with Crippen LogP contribution < -0.4 is 12.4 Å². The van der Waals surface area contributed by atoms with Gasteiger partial charge in [-0.15, -0.1) is 5.21 Å². The Morgan fingerprint density at radius 3 is 2.53 bits per heavy atom. The maximum atomic E-state index is 5.51. The summed E-state index contributed by atoms with van der Waals surface area (Å²) < 4.78 is 7.17. The molecule has 17 heavy (non-hydrogen) atoms. The van der Waals surface area contributed by atoms with Crippen molar-refractivity contribution in [3.8, 4) is 0 Å². The van der Waals surface area contributed by atoms with E-state index in [2.05, 4.69) is 16.5 Å². The van der Waals surface area contributed by atoms with Gasteiger partial charge in [-0.25, -0.2) is 0 Å². The Bertz CT molecular complexity index is 422. The van der Waals surface area contributed by atoms with Gasteiger partial charge in [0, 0.05) is 7.05 Å². The molecular formula is C11H12ClMgN3O. The average molecular weight is 262 g/mol. The van der Waals surface area contributed by atoms with Gasteiger partial charge in [0.05, 0.1) is 13.2 Å². The Balaban J connectivity index is 0.00000128.